The largest absolute Gasteiger partial charge is 0.481 e. The fourth-order valence-corrected chi connectivity index (χ4v) is 1.96. The average molecular weight is 241 g/mol. The highest BCUT2D eigenvalue weighted by molar-refractivity contribution is 6.30. The molecule has 0 saturated heterocycles. The number of carbonyl (C=O) groups is 1. The number of benzene rings is 1. The van der Waals surface area contributed by atoms with E-state index in [1.807, 2.05) is 24.3 Å². The van der Waals surface area contributed by atoms with Crippen LogP contribution in [0.2, 0.25) is 5.02 Å². The quantitative estimate of drug-likeness (QED) is 0.880. The predicted octanol–water partition coefficient (Wildman–Crippen LogP) is 2.72. The van der Waals surface area contributed by atoms with Gasteiger partial charge in [0.15, 0.2) is 0 Å². The van der Waals surface area contributed by atoms with Gasteiger partial charge in [-0.05, 0) is 30.5 Å². The van der Waals surface area contributed by atoms with Crippen molar-refractivity contribution in [3.63, 3.8) is 0 Å². The van der Waals surface area contributed by atoms with Gasteiger partial charge in [0.25, 0.3) is 0 Å². The summed E-state index contributed by atoms with van der Waals surface area (Å²) in [5.74, 6) is -0.938. The van der Waals surface area contributed by atoms with Crippen LogP contribution in [-0.2, 0) is 16.1 Å². The predicted molar refractivity (Wildman–Crippen MR) is 60.4 cm³/mol. The Bertz CT molecular complexity index is 386. The second-order valence-electron chi connectivity index (χ2n) is 4.07. The minimum absolute atomic E-state index is 0.0834. The van der Waals surface area contributed by atoms with E-state index in [4.69, 9.17) is 21.4 Å². The molecule has 0 heterocycles. The van der Waals surface area contributed by atoms with Gasteiger partial charge in [-0.3, -0.25) is 4.79 Å². The summed E-state index contributed by atoms with van der Waals surface area (Å²) in [6.07, 6.45) is 1.33. The van der Waals surface area contributed by atoms with Crippen LogP contribution in [0.15, 0.2) is 24.3 Å². The van der Waals surface area contributed by atoms with E-state index >= 15 is 0 Å². The number of carboxylic acid groups (broad SMARTS) is 1. The van der Waals surface area contributed by atoms with E-state index in [1.165, 1.54) is 0 Å². The van der Waals surface area contributed by atoms with E-state index < -0.39 is 5.97 Å². The van der Waals surface area contributed by atoms with Crippen LogP contribution in [0.4, 0.5) is 0 Å². The highest BCUT2D eigenvalue weighted by atomic mass is 35.5. The van der Waals surface area contributed by atoms with Crippen molar-refractivity contribution in [2.45, 2.75) is 25.6 Å². The highest BCUT2D eigenvalue weighted by Gasteiger charge is 2.34. The van der Waals surface area contributed by atoms with Crippen LogP contribution in [0.5, 0.6) is 0 Å². The van der Waals surface area contributed by atoms with Crippen LogP contribution in [0.3, 0.4) is 0 Å². The fourth-order valence-electron chi connectivity index (χ4n) is 1.74. The first-order valence-corrected chi connectivity index (χ1v) is 5.62. The third-order valence-electron chi connectivity index (χ3n) is 2.82. The van der Waals surface area contributed by atoms with Gasteiger partial charge in [0.05, 0.1) is 18.6 Å². The van der Waals surface area contributed by atoms with Gasteiger partial charge in [0.1, 0.15) is 0 Å². The molecule has 1 aliphatic carbocycles. The zero-order chi connectivity index (χ0) is 11.5. The van der Waals surface area contributed by atoms with Crippen molar-refractivity contribution in [1.29, 1.82) is 0 Å². The Hall–Kier alpha value is -1.06. The van der Waals surface area contributed by atoms with Crippen molar-refractivity contribution in [3.05, 3.63) is 34.9 Å². The first-order chi connectivity index (χ1) is 7.65. The molecule has 86 valence electrons. The van der Waals surface area contributed by atoms with Gasteiger partial charge in [-0.15, -0.1) is 0 Å². The lowest BCUT2D eigenvalue weighted by Gasteiger charge is -2.32. The number of halogens is 1. The molecule has 16 heavy (non-hydrogen) atoms. The summed E-state index contributed by atoms with van der Waals surface area (Å²) in [7, 11) is 0. The smallest absolute Gasteiger partial charge is 0.306 e. The van der Waals surface area contributed by atoms with E-state index in [9.17, 15) is 4.79 Å². The Kier molecular flexibility index (Phi) is 3.46. The van der Waals surface area contributed by atoms with Gasteiger partial charge in [-0.2, -0.15) is 0 Å². The van der Waals surface area contributed by atoms with Gasteiger partial charge in [0.2, 0.25) is 0 Å². The monoisotopic (exact) mass is 240 g/mol. The van der Waals surface area contributed by atoms with E-state index in [2.05, 4.69) is 0 Å². The van der Waals surface area contributed by atoms with Crippen LogP contribution in [0, 0.1) is 5.92 Å². The summed E-state index contributed by atoms with van der Waals surface area (Å²) in [6.45, 7) is 0.498. The highest BCUT2D eigenvalue weighted by Crippen LogP contribution is 2.30. The third kappa shape index (κ3) is 2.74. The van der Waals surface area contributed by atoms with Gasteiger partial charge >= 0.3 is 5.97 Å². The molecule has 1 aromatic carbocycles. The molecule has 2 rings (SSSR count). The lowest BCUT2D eigenvalue weighted by atomic mass is 9.82. The molecule has 1 aliphatic rings. The minimum atomic E-state index is -0.720. The molecular formula is C12H13ClO3. The topological polar surface area (TPSA) is 46.5 Å². The molecule has 1 aromatic rings. The molecule has 0 aliphatic heterocycles. The third-order valence-corrected chi connectivity index (χ3v) is 3.05. The van der Waals surface area contributed by atoms with E-state index in [1.54, 1.807) is 0 Å². The fraction of sp³-hybridized carbons (Fsp3) is 0.417. The SMILES string of the molecule is O=C(O)[C@H]1C[C@H](OCc2cccc(Cl)c2)C1. The number of hydrogen-bond donors (Lipinski definition) is 1. The Balaban J connectivity index is 1.75. The maximum atomic E-state index is 10.6. The summed E-state index contributed by atoms with van der Waals surface area (Å²) in [4.78, 5) is 10.6. The first-order valence-electron chi connectivity index (χ1n) is 5.24. The maximum absolute atomic E-state index is 10.6. The molecule has 0 amide bonds. The molecule has 0 radical (unpaired) electrons. The summed E-state index contributed by atoms with van der Waals surface area (Å²) in [5.41, 5.74) is 1.02. The summed E-state index contributed by atoms with van der Waals surface area (Å²) in [5, 5.41) is 9.39. The molecule has 3 nitrogen and oxygen atoms in total. The molecule has 0 bridgehead atoms. The first kappa shape index (κ1) is 11.4. The van der Waals surface area contributed by atoms with Crippen LogP contribution in [0.25, 0.3) is 0 Å². The van der Waals surface area contributed by atoms with Crippen LogP contribution >= 0.6 is 11.6 Å². The van der Waals surface area contributed by atoms with Crippen LogP contribution < -0.4 is 0 Å². The molecular weight excluding hydrogens is 228 g/mol. The Morgan fingerprint density at radius 2 is 2.25 bits per heavy atom. The molecule has 1 saturated carbocycles. The average Bonchev–Trinajstić information content (AvgIpc) is 2.14. The lowest BCUT2D eigenvalue weighted by Crippen LogP contribution is -2.36. The molecule has 0 unspecified atom stereocenters. The van der Waals surface area contributed by atoms with Crippen molar-refractivity contribution in [2.75, 3.05) is 0 Å². The number of rotatable bonds is 4. The van der Waals surface area contributed by atoms with Crippen molar-refractivity contribution in [3.8, 4) is 0 Å². The van der Waals surface area contributed by atoms with Gasteiger partial charge in [-0.25, -0.2) is 0 Å². The Labute approximate surface area is 99.0 Å². The lowest BCUT2D eigenvalue weighted by molar-refractivity contribution is -0.151. The second-order valence-corrected chi connectivity index (χ2v) is 4.51. The zero-order valence-corrected chi connectivity index (χ0v) is 9.48. The van der Waals surface area contributed by atoms with E-state index in [-0.39, 0.29) is 12.0 Å². The molecule has 0 aromatic heterocycles. The summed E-state index contributed by atoms with van der Waals surface area (Å²) < 4.78 is 5.58. The number of ether oxygens (including phenoxy) is 1. The summed E-state index contributed by atoms with van der Waals surface area (Å²) in [6, 6.07) is 7.49. The summed E-state index contributed by atoms with van der Waals surface area (Å²) >= 11 is 5.84. The maximum Gasteiger partial charge on any atom is 0.306 e. The van der Waals surface area contributed by atoms with Crippen LogP contribution in [0.1, 0.15) is 18.4 Å². The minimum Gasteiger partial charge on any atom is -0.481 e. The number of carboxylic acids is 1. The van der Waals surface area contributed by atoms with Gasteiger partial charge < -0.3 is 9.84 Å². The van der Waals surface area contributed by atoms with Crippen LogP contribution in [-0.4, -0.2) is 17.2 Å². The van der Waals surface area contributed by atoms with Crippen molar-refractivity contribution >= 4 is 17.6 Å². The van der Waals surface area contributed by atoms with Crippen molar-refractivity contribution < 1.29 is 14.6 Å². The normalized spacial score (nSPS) is 23.8. The molecule has 1 fully saturated rings. The number of aliphatic carboxylic acids is 1. The molecule has 1 N–H and O–H groups in total. The standard InChI is InChI=1S/C12H13ClO3/c13-10-3-1-2-8(4-10)7-16-11-5-9(6-11)12(14)15/h1-4,9,11H,5-7H2,(H,14,15)/t9-,11-. The van der Waals surface area contributed by atoms with Crippen molar-refractivity contribution in [2.24, 2.45) is 5.92 Å². The van der Waals surface area contributed by atoms with Crippen molar-refractivity contribution in [1.82, 2.24) is 0 Å². The van der Waals surface area contributed by atoms with Gasteiger partial charge in [0, 0.05) is 5.02 Å². The number of hydrogen-bond acceptors (Lipinski definition) is 2. The Morgan fingerprint density at radius 1 is 1.50 bits per heavy atom. The molecule has 0 spiro atoms. The Morgan fingerprint density at radius 3 is 2.88 bits per heavy atom. The second kappa shape index (κ2) is 4.85. The van der Waals surface area contributed by atoms with Gasteiger partial charge in [-0.1, -0.05) is 23.7 Å². The van der Waals surface area contributed by atoms with E-state index in [0.29, 0.717) is 24.5 Å². The van der Waals surface area contributed by atoms with E-state index in [0.717, 1.165) is 5.56 Å². The molecule has 0 atom stereocenters. The zero-order valence-electron chi connectivity index (χ0n) is 8.73. The molecule has 4 heteroatoms.